The van der Waals surface area contributed by atoms with E-state index in [-0.39, 0.29) is 5.91 Å². The van der Waals surface area contributed by atoms with E-state index in [1.54, 1.807) is 0 Å². The van der Waals surface area contributed by atoms with Crippen molar-refractivity contribution in [1.29, 1.82) is 0 Å². The maximum atomic E-state index is 12.1. The number of benzene rings is 2. The number of ether oxygens (including phenoxy) is 1. The van der Waals surface area contributed by atoms with Gasteiger partial charge in [0.15, 0.2) is 0 Å². The van der Waals surface area contributed by atoms with Gasteiger partial charge in [-0.2, -0.15) is 0 Å². The molecule has 0 aliphatic rings. The molecular weight excluding hydrogens is 402 g/mol. The Morgan fingerprint density at radius 2 is 1.88 bits per heavy atom. The average Bonchev–Trinajstić information content (AvgIpc) is 2.56. The molecule has 5 heteroatoms. The molecule has 0 aromatic heterocycles. The number of carbonyl (C=O) groups excluding carboxylic acids is 1. The van der Waals surface area contributed by atoms with Crippen molar-refractivity contribution in [3.63, 3.8) is 0 Å². The van der Waals surface area contributed by atoms with Gasteiger partial charge in [-0.15, -0.1) is 0 Å². The molecule has 1 amide bonds. The summed E-state index contributed by atoms with van der Waals surface area (Å²) in [7, 11) is 0. The highest BCUT2D eigenvalue weighted by atomic mass is 79.9. The normalized spacial score (nSPS) is 10.6. The molecule has 2 aromatic rings. The first kappa shape index (κ1) is 19.8. The Balaban J connectivity index is 1.84. The fourth-order valence-electron chi connectivity index (χ4n) is 2.59. The van der Waals surface area contributed by atoms with Crippen LogP contribution in [0.2, 0.25) is 5.02 Å². The maximum Gasteiger partial charge on any atom is 0.224 e. The van der Waals surface area contributed by atoms with Crippen LogP contribution in [0.3, 0.4) is 0 Å². The van der Waals surface area contributed by atoms with Gasteiger partial charge in [0.25, 0.3) is 0 Å². The van der Waals surface area contributed by atoms with Crippen molar-refractivity contribution in [2.75, 3.05) is 11.9 Å². The first-order valence-corrected chi connectivity index (χ1v) is 9.41. The van der Waals surface area contributed by atoms with Gasteiger partial charge in [0.2, 0.25) is 5.91 Å². The maximum absolute atomic E-state index is 12.1. The zero-order valence-corrected chi connectivity index (χ0v) is 17.3. The van der Waals surface area contributed by atoms with Crippen molar-refractivity contribution in [2.24, 2.45) is 0 Å². The lowest BCUT2D eigenvalue weighted by Gasteiger charge is -2.13. The second-order valence-electron chi connectivity index (χ2n) is 6.26. The van der Waals surface area contributed by atoms with Gasteiger partial charge in [0.1, 0.15) is 5.75 Å². The number of hydrogen-bond donors (Lipinski definition) is 1. The molecule has 0 unspecified atom stereocenters. The summed E-state index contributed by atoms with van der Waals surface area (Å²) in [4.78, 5) is 12.1. The van der Waals surface area contributed by atoms with E-state index in [4.69, 9.17) is 16.3 Å². The van der Waals surface area contributed by atoms with E-state index >= 15 is 0 Å². The number of halogens is 2. The fraction of sp³-hybridized carbons (Fsp3) is 0.350. The fourth-order valence-corrected chi connectivity index (χ4v) is 3.28. The second-order valence-corrected chi connectivity index (χ2v) is 7.43. The van der Waals surface area contributed by atoms with Crippen molar-refractivity contribution in [2.45, 2.75) is 40.5 Å². The smallest absolute Gasteiger partial charge is 0.224 e. The van der Waals surface area contributed by atoms with E-state index in [1.165, 1.54) is 5.56 Å². The van der Waals surface area contributed by atoms with E-state index < -0.39 is 0 Å². The van der Waals surface area contributed by atoms with Gasteiger partial charge in [-0.1, -0.05) is 29.3 Å². The predicted molar refractivity (Wildman–Crippen MR) is 108 cm³/mol. The molecule has 25 heavy (non-hydrogen) atoms. The summed E-state index contributed by atoms with van der Waals surface area (Å²) in [6.07, 6.45) is 1.06. The quantitative estimate of drug-likeness (QED) is 0.566. The van der Waals surface area contributed by atoms with Crippen LogP contribution in [0.1, 0.15) is 35.1 Å². The Kier molecular flexibility index (Phi) is 6.91. The zero-order valence-electron chi connectivity index (χ0n) is 15.0. The zero-order chi connectivity index (χ0) is 18.6. The number of aryl methyl sites for hydroxylation is 3. The van der Waals surface area contributed by atoms with Crippen molar-refractivity contribution in [1.82, 2.24) is 0 Å². The minimum absolute atomic E-state index is 0.00177. The van der Waals surface area contributed by atoms with Crippen LogP contribution < -0.4 is 10.1 Å². The van der Waals surface area contributed by atoms with E-state index in [0.717, 1.165) is 37.6 Å². The minimum atomic E-state index is -0.00177. The Bertz CT molecular complexity index is 790. The third-order valence-electron chi connectivity index (χ3n) is 4.03. The molecule has 0 spiro atoms. The number of nitrogens with one attached hydrogen (secondary N) is 1. The van der Waals surface area contributed by atoms with Gasteiger partial charge in [0, 0.05) is 17.1 Å². The summed E-state index contributed by atoms with van der Waals surface area (Å²) < 4.78 is 6.67. The number of anilines is 1. The van der Waals surface area contributed by atoms with Crippen LogP contribution in [-0.2, 0) is 4.79 Å². The van der Waals surface area contributed by atoms with Crippen LogP contribution in [0.15, 0.2) is 28.7 Å². The van der Waals surface area contributed by atoms with E-state index in [0.29, 0.717) is 19.4 Å². The van der Waals surface area contributed by atoms with E-state index in [9.17, 15) is 4.79 Å². The number of rotatable bonds is 6. The van der Waals surface area contributed by atoms with Gasteiger partial charge >= 0.3 is 0 Å². The number of amides is 1. The summed E-state index contributed by atoms with van der Waals surface area (Å²) in [5.74, 6) is 0.757. The van der Waals surface area contributed by atoms with Crippen LogP contribution in [0.5, 0.6) is 5.75 Å². The Hall–Kier alpha value is -1.52. The molecule has 134 valence electrons. The first-order valence-electron chi connectivity index (χ1n) is 8.24. The van der Waals surface area contributed by atoms with Gasteiger partial charge in [-0.05, 0) is 78.9 Å². The van der Waals surface area contributed by atoms with Gasteiger partial charge in [-0.25, -0.2) is 0 Å². The Morgan fingerprint density at radius 1 is 1.16 bits per heavy atom. The summed E-state index contributed by atoms with van der Waals surface area (Å²) in [5.41, 5.74) is 5.06. The topological polar surface area (TPSA) is 38.3 Å². The van der Waals surface area contributed by atoms with Crippen molar-refractivity contribution >= 4 is 39.1 Å². The van der Waals surface area contributed by atoms with Crippen LogP contribution in [0, 0.1) is 27.7 Å². The Morgan fingerprint density at radius 3 is 2.56 bits per heavy atom. The molecule has 0 bridgehead atoms. The molecule has 0 radical (unpaired) electrons. The molecule has 3 nitrogen and oxygen atoms in total. The molecule has 0 heterocycles. The standard InChI is InChI=1S/C20H23BrClNO2/c1-12-7-8-16(13(2)10-12)23-18(24)6-5-9-25-17-11-14(3)20(22)15(4)19(17)21/h7-8,10-11H,5-6,9H2,1-4H3,(H,23,24). The third-order valence-corrected chi connectivity index (χ3v) is 5.60. The average molecular weight is 425 g/mol. The lowest BCUT2D eigenvalue weighted by molar-refractivity contribution is -0.116. The summed E-state index contributed by atoms with van der Waals surface area (Å²) >= 11 is 9.73. The molecule has 0 atom stereocenters. The molecule has 0 saturated heterocycles. The highest BCUT2D eigenvalue weighted by Crippen LogP contribution is 2.35. The SMILES string of the molecule is Cc1ccc(NC(=O)CCCOc2cc(C)c(Cl)c(C)c2Br)c(C)c1. The van der Waals surface area contributed by atoms with Crippen LogP contribution >= 0.6 is 27.5 Å². The number of hydrogen-bond acceptors (Lipinski definition) is 2. The highest BCUT2D eigenvalue weighted by molar-refractivity contribution is 9.10. The molecule has 0 aliphatic heterocycles. The third kappa shape index (κ3) is 5.23. The molecule has 2 aromatic carbocycles. The van der Waals surface area contributed by atoms with E-state index in [2.05, 4.69) is 27.3 Å². The second kappa shape index (κ2) is 8.72. The number of carbonyl (C=O) groups is 1. The predicted octanol–water partition coefficient (Wildman–Crippen LogP) is 6.13. The summed E-state index contributed by atoms with van der Waals surface area (Å²) in [5, 5.41) is 3.69. The monoisotopic (exact) mass is 423 g/mol. The van der Waals surface area contributed by atoms with Crippen LogP contribution in [-0.4, -0.2) is 12.5 Å². The lowest BCUT2D eigenvalue weighted by atomic mass is 10.1. The van der Waals surface area contributed by atoms with Crippen molar-refractivity contribution in [3.8, 4) is 5.75 Å². The molecule has 0 aliphatic carbocycles. The molecule has 1 N–H and O–H groups in total. The molecule has 2 rings (SSSR count). The summed E-state index contributed by atoms with van der Waals surface area (Å²) in [6, 6.07) is 7.90. The highest BCUT2D eigenvalue weighted by Gasteiger charge is 2.11. The van der Waals surface area contributed by atoms with Gasteiger partial charge in [0.05, 0.1) is 11.1 Å². The van der Waals surface area contributed by atoms with Crippen LogP contribution in [0.25, 0.3) is 0 Å². The van der Waals surface area contributed by atoms with Gasteiger partial charge in [-0.3, -0.25) is 4.79 Å². The molecule has 0 saturated carbocycles. The minimum Gasteiger partial charge on any atom is -0.492 e. The molecule has 0 fully saturated rings. The van der Waals surface area contributed by atoms with E-state index in [1.807, 2.05) is 45.9 Å². The lowest BCUT2D eigenvalue weighted by Crippen LogP contribution is -2.13. The van der Waals surface area contributed by atoms with Crippen molar-refractivity contribution in [3.05, 3.63) is 56.0 Å². The molecular formula is C20H23BrClNO2. The van der Waals surface area contributed by atoms with Crippen LogP contribution in [0.4, 0.5) is 5.69 Å². The van der Waals surface area contributed by atoms with Crippen molar-refractivity contribution < 1.29 is 9.53 Å². The largest absolute Gasteiger partial charge is 0.492 e. The Labute approximate surface area is 162 Å². The van der Waals surface area contributed by atoms with Gasteiger partial charge < -0.3 is 10.1 Å². The summed E-state index contributed by atoms with van der Waals surface area (Å²) in [6.45, 7) is 8.40. The first-order chi connectivity index (χ1) is 11.8.